The van der Waals surface area contributed by atoms with E-state index in [4.69, 9.17) is 4.52 Å². The van der Waals surface area contributed by atoms with Gasteiger partial charge in [-0.05, 0) is 24.6 Å². The first-order valence-corrected chi connectivity index (χ1v) is 9.96. The van der Waals surface area contributed by atoms with Crippen LogP contribution in [0.1, 0.15) is 19.6 Å². The topological polar surface area (TPSA) is 89.3 Å². The van der Waals surface area contributed by atoms with Crippen molar-refractivity contribution in [1.29, 1.82) is 0 Å². The molecule has 0 spiro atoms. The van der Waals surface area contributed by atoms with E-state index in [2.05, 4.69) is 9.88 Å². The molecule has 141 valence electrons. The van der Waals surface area contributed by atoms with Gasteiger partial charge in [-0.3, -0.25) is 4.79 Å². The number of rotatable bonds is 5. The first-order valence-electron chi connectivity index (χ1n) is 8.48. The Morgan fingerprint density at radius 3 is 2.18 bits per heavy atom. The summed E-state index contributed by atoms with van der Waals surface area (Å²) in [4.78, 5) is 11.7. The van der Waals surface area contributed by atoms with E-state index in [1.54, 1.807) is 26.0 Å². The van der Waals surface area contributed by atoms with Gasteiger partial charge >= 0.3 is 0 Å². The van der Waals surface area contributed by atoms with E-state index < -0.39 is 21.8 Å². The van der Waals surface area contributed by atoms with Crippen LogP contribution >= 0.6 is 0 Å². The second-order valence-electron chi connectivity index (χ2n) is 6.48. The summed E-state index contributed by atoms with van der Waals surface area (Å²) < 4.78 is 32.1. The van der Waals surface area contributed by atoms with Crippen molar-refractivity contribution in [3.63, 3.8) is 0 Å². The van der Waals surface area contributed by atoms with Crippen molar-refractivity contribution in [2.24, 2.45) is 5.92 Å². The van der Waals surface area contributed by atoms with Gasteiger partial charge in [0.1, 0.15) is 11.5 Å². The zero-order valence-corrected chi connectivity index (χ0v) is 19.1. The third-order valence-corrected chi connectivity index (χ3v) is 5.49. The fourth-order valence-electron chi connectivity index (χ4n) is 2.62. The first-order chi connectivity index (χ1) is 12.8. The third kappa shape index (κ3) is 4.72. The normalized spacial score (nSPS) is 11.1. The Bertz CT molecular complexity index is 1060. The summed E-state index contributed by atoms with van der Waals surface area (Å²) in [6, 6.07) is 15.9. The molecule has 1 N–H and O–H groups in total. The minimum Gasteiger partial charge on any atom is -0.360 e. The summed E-state index contributed by atoms with van der Waals surface area (Å²) in [5, 5.41) is 4.14. The van der Waals surface area contributed by atoms with Crippen molar-refractivity contribution in [2.45, 2.75) is 25.7 Å². The number of carbonyl (C=O) groups excluding carboxylic acids is 1. The van der Waals surface area contributed by atoms with E-state index in [0.717, 1.165) is 16.7 Å². The third-order valence-electron chi connectivity index (χ3n) is 4.12. The summed E-state index contributed by atoms with van der Waals surface area (Å²) in [5.41, 5.74) is 3.18. The molecule has 28 heavy (non-hydrogen) atoms. The number of aryl methyl sites for hydroxylation is 1. The van der Waals surface area contributed by atoms with Crippen molar-refractivity contribution in [3.8, 4) is 22.4 Å². The number of sulfonamides is 1. The van der Waals surface area contributed by atoms with Gasteiger partial charge in [-0.2, -0.15) is 0 Å². The molecule has 8 heteroatoms. The average Bonchev–Trinajstić information content (AvgIpc) is 3.03. The molecule has 0 aliphatic carbocycles. The zero-order valence-electron chi connectivity index (χ0n) is 16.3. The van der Waals surface area contributed by atoms with Crippen LogP contribution in [0.15, 0.2) is 64.0 Å². The summed E-state index contributed by atoms with van der Waals surface area (Å²) in [7, 11) is -3.90. The maximum atomic E-state index is 12.3. The van der Waals surface area contributed by atoms with Crippen LogP contribution in [0.3, 0.4) is 0 Å². The minimum atomic E-state index is -3.90. The second kappa shape index (κ2) is 9.05. The number of nitrogens with zero attached hydrogens (tertiary/aromatic N) is 1. The molecule has 0 fully saturated rings. The Morgan fingerprint density at radius 1 is 1.00 bits per heavy atom. The SMILES string of the molecule is Cc1onc(-c2ccccc2)c1-c1ccc(S(=O)(=O)NC(=O)C(C)C)cc1.[Na]. The van der Waals surface area contributed by atoms with Crippen LogP contribution in [0.25, 0.3) is 22.4 Å². The Kier molecular flexibility index (Phi) is 7.22. The maximum absolute atomic E-state index is 12.3. The predicted octanol–water partition coefficient (Wildman–Crippen LogP) is 3.40. The summed E-state index contributed by atoms with van der Waals surface area (Å²) >= 11 is 0. The summed E-state index contributed by atoms with van der Waals surface area (Å²) in [6.07, 6.45) is 0. The monoisotopic (exact) mass is 407 g/mol. The van der Waals surface area contributed by atoms with E-state index >= 15 is 0 Å². The predicted molar refractivity (Wildman–Crippen MR) is 108 cm³/mol. The largest absolute Gasteiger partial charge is 0.360 e. The van der Waals surface area contributed by atoms with Crippen LogP contribution in [-0.2, 0) is 14.8 Å². The van der Waals surface area contributed by atoms with Crippen LogP contribution in [0.2, 0.25) is 0 Å². The fraction of sp³-hybridized carbons (Fsp3) is 0.200. The van der Waals surface area contributed by atoms with Crippen LogP contribution in [-0.4, -0.2) is 49.0 Å². The molecule has 1 amide bonds. The number of benzene rings is 2. The van der Waals surface area contributed by atoms with E-state index in [1.807, 2.05) is 37.3 Å². The second-order valence-corrected chi connectivity index (χ2v) is 8.16. The molecule has 3 rings (SSSR count). The molecule has 0 saturated carbocycles. The van der Waals surface area contributed by atoms with Gasteiger partial charge in [-0.25, -0.2) is 13.1 Å². The molecular weight excluding hydrogens is 387 g/mol. The quantitative estimate of drug-likeness (QED) is 0.655. The van der Waals surface area contributed by atoms with E-state index in [-0.39, 0.29) is 34.5 Å². The molecular formula is C20H20N2NaO4S. The molecule has 0 saturated heterocycles. The molecule has 0 aliphatic rings. The zero-order chi connectivity index (χ0) is 19.6. The number of nitrogens with one attached hydrogen (secondary N) is 1. The Morgan fingerprint density at radius 2 is 1.61 bits per heavy atom. The molecule has 1 aromatic heterocycles. The van der Waals surface area contributed by atoms with Crippen LogP contribution in [0.5, 0.6) is 0 Å². The van der Waals surface area contributed by atoms with Gasteiger partial charge in [0, 0.05) is 41.0 Å². The maximum Gasteiger partial charge on any atom is 0.264 e. The Hall–Kier alpha value is -1.93. The molecule has 1 radical (unpaired) electrons. The number of hydrogen-bond acceptors (Lipinski definition) is 5. The van der Waals surface area contributed by atoms with Gasteiger partial charge in [0.2, 0.25) is 5.91 Å². The summed E-state index contributed by atoms with van der Waals surface area (Å²) in [6.45, 7) is 5.07. The molecule has 2 aromatic carbocycles. The van der Waals surface area contributed by atoms with Gasteiger partial charge < -0.3 is 4.52 Å². The van der Waals surface area contributed by atoms with Gasteiger partial charge in [0.05, 0.1) is 10.5 Å². The molecule has 3 aromatic rings. The standard InChI is InChI=1S/C20H20N2O4S.Na/c1-13(2)20(23)22-27(24,25)17-11-9-15(10-12-17)18-14(3)26-21-19(18)16-7-5-4-6-8-16;/h4-13H,1-3H3,(H,22,23);. The van der Waals surface area contributed by atoms with Gasteiger partial charge in [-0.15, -0.1) is 0 Å². The molecule has 0 aliphatic heterocycles. The molecule has 0 bridgehead atoms. The van der Waals surface area contributed by atoms with Crippen molar-refractivity contribution < 1.29 is 17.7 Å². The van der Waals surface area contributed by atoms with Gasteiger partial charge in [0.15, 0.2) is 0 Å². The minimum absolute atomic E-state index is 0. The Balaban J connectivity index is 0.00000280. The van der Waals surface area contributed by atoms with Crippen molar-refractivity contribution in [1.82, 2.24) is 9.88 Å². The smallest absolute Gasteiger partial charge is 0.264 e. The summed E-state index contributed by atoms with van der Waals surface area (Å²) in [5.74, 6) is -0.329. The number of carbonyl (C=O) groups is 1. The van der Waals surface area contributed by atoms with E-state index in [1.165, 1.54) is 12.1 Å². The van der Waals surface area contributed by atoms with Crippen LogP contribution in [0.4, 0.5) is 0 Å². The van der Waals surface area contributed by atoms with Crippen molar-refractivity contribution in [2.75, 3.05) is 0 Å². The van der Waals surface area contributed by atoms with E-state index in [9.17, 15) is 13.2 Å². The molecule has 0 atom stereocenters. The Labute approximate surface area is 186 Å². The first kappa shape index (κ1) is 22.4. The fourth-order valence-corrected chi connectivity index (χ4v) is 3.73. The van der Waals surface area contributed by atoms with Crippen LogP contribution in [0, 0.1) is 12.8 Å². The average molecular weight is 407 g/mol. The number of hydrogen-bond donors (Lipinski definition) is 1. The van der Waals surface area contributed by atoms with Gasteiger partial charge in [-0.1, -0.05) is 61.5 Å². The van der Waals surface area contributed by atoms with Crippen molar-refractivity contribution >= 4 is 45.5 Å². The van der Waals surface area contributed by atoms with E-state index in [0.29, 0.717) is 11.5 Å². The number of aromatic nitrogens is 1. The van der Waals surface area contributed by atoms with Crippen molar-refractivity contribution in [3.05, 3.63) is 60.4 Å². The molecule has 1 heterocycles. The van der Waals surface area contributed by atoms with Gasteiger partial charge in [0.25, 0.3) is 10.0 Å². The molecule has 0 unspecified atom stereocenters. The van der Waals surface area contributed by atoms with Crippen LogP contribution < -0.4 is 4.72 Å². The molecule has 6 nitrogen and oxygen atoms in total. The number of amides is 1.